The van der Waals surface area contributed by atoms with Crippen molar-refractivity contribution in [3.8, 4) is 0 Å². The molecule has 2 N–H and O–H groups in total. The van der Waals surface area contributed by atoms with Gasteiger partial charge in [-0.2, -0.15) is 0 Å². The van der Waals surface area contributed by atoms with Crippen LogP contribution in [-0.2, 0) is 11.3 Å². The van der Waals surface area contributed by atoms with Crippen LogP contribution >= 0.6 is 15.9 Å². The summed E-state index contributed by atoms with van der Waals surface area (Å²) >= 11 is 3.30. The van der Waals surface area contributed by atoms with E-state index in [4.69, 9.17) is 10.5 Å². The number of nitrogens with two attached hydrogens (primary N) is 1. The number of halogens is 1. The monoisotopic (exact) mass is 333 g/mol. The fourth-order valence-corrected chi connectivity index (χ4v) is 2.07. The van der Waals surface area contributed by atoms with Crippen molar-refractivity contribution in [2.75, 3.05) is 0 Å². The van der Waals surface area contributed by atoms with Gasteiger partial charge in [-0.25, -0.2) is 4.79 Å². The van der Waals surface area contributed by atoms with Crippen molar-refractivity contribution in [2.45, 2.75) is 6.61 Å². The van der Waals surface area contributed by atoms with Crippen LogP contribution in [0, 0.1) is 0 Å². The van der Waals surface area contributed by atoms with Gasteiger partial charge in [-0.15, -0.1) is 0 Å². The van der Waals surface area contributed by atoms with Crippen LogP contribution in [0.2, 0.25) is 0 Å². The van der Waals surface area contributed by atoms with E-state index in [2.05, 4.69) is 15.9 Å². The first-order valence-corrected chi connectivity index (χ1v) is 6.67. The molecule has 0 aliphatic carbocycles. The van der Waals surface area contributed by atoms with Crippen molar-refractivity contribution in [2.24, 2.45) is 5.73 Å². The zero-order valence-electron chi connectivity index (χ0n) is 10.5. The normalized spacial score (nSPS) is 10.1. The Kier molecular flexibility index (Phi) is 4.53. The molecule has 0 aliphatic rings. The van der Waals surface area contributed by atoms with Crippen molar-refractivity contribution < 1.29 is 14.3 Å². The molecule has 2 aromatic carbocycles. The van der Waals surface area contributed by atoms with Gasteiger partial charge < -0.3 is 10.5 Å². The van der Waals surface area contributed by atoms with Crippen molar-refractivity contribution in [1.82, 2.24) is 0 Å². The van der Waals surface area contributed by atoms with E-state index in [1.165, 1.54) is 0 Å². The van der Waals surface area contributed by atoms with E-state index in [0.717, 1.165) is 5.56 Å². The molecule has 4 nitrogen and oxygen atoms in total. The number of amides is 1. The Morgan fingerprint density at radius 2 is 1.70 bits per heavy atom. The number of rotatable bonds is 4. The van der Waals surface area contributed by atoms with E-state index in [0.29, 0.717) is 15.6 Å². The fourth-order valence-electron chi connectivity index (χ4n) is 1.62. The van der Waals surface area contributed by atoms with Crippen molar-refractivity contribution in [1.29, 1.82) is 0 Å². The second-order valence-corrected chi connectivity index (χ2v) is 4.97. The van der Waals surface area contributed by atoms with Crippen molar-refractivity contribution >= 4 is 27.8 Å². The summed E-state index contributed by atoms with van der Waals surface area (Å²) in [5, 5.41) is 0. The molecule has 0 spiro atoms. The first-order valence-electron chi connectivity index (χ1n) is 5.88. The van der Waals surface area contributed by atoms with E-state index in [-0.39, 0.29) is 6.61 Å². The summed E-state index contributed by atoms with van der Waals surface area (Å²) in [5.74, 6) is -0.891. The van der Waals surface area contributed by atoms with E-state index in [1.807, 2.05) is 6.07 Å². The Bertz CT molecular complexity index is 638. The molecule has 0 saturated carbocycles. The summed E-state index contributed by atoms with van der Waals surface area (Å²) < 4.78 is 5.90. The SMILES string of the molecule is NC(=O)c1ccc(COC(=O)c2ccccc2Br)cc1. The highest BCUT2D eigenvalue weighted by atomic mass is 79.9. The van der Waals surface area contributed by atoms with E-state index in [1.54, 1.807) is 42.5 Å². The molecule has 0 heterocycles. The topological polar surface area (TPSA) is 69.4 Å². The Hall–Kier alpha value is -2.14. The number of hydrogen-bond acceptors (Lipinski definition) is 3. The number of esters is 1. The minimum absolute atomic E-state index is 0.138. The minimum Gasteiger partial charge on any atom is -0.457 e. The highest BCUT2D eigenvalue weighted by molar-refractivity contribution is 9.10. The molecule has 0 saturated heterocycles. The Labute approximate surface area is 124 Å². The molecular formula is C15H12BrNO3. The molecule has 2 rings (SSSR count). The number of benzene rings is 2. The van der Waals surface area contributed by atoms with Crippen LogP contribution in [0.25, 0.3) is 0 Å². The van der Waals surface area contributed by atoms with Gasteiger partial charge in [0.05, 0.1) is 5.56 Å². The third-order valence-corrected chi connectivity index (χ3v) is 3.39. The maximum absolute atomic E-state index is 11.9. The van der Waals surface area contributed by atoms with Crippen LogP contribution < -0.4 is 5.73 Å². The Balaban J connectivity index is 2.00. The molecule has 0 fully saturated rings. The van der Waals surface area contributed by atoms with Crippen LogP contribution in [0.1, 0.15) is 26.3 Å². The van der Waals surface area contributed by atoms with Crippen LogP contribution in [0.3, 0.4) is 0 Å². The first-order chi connectivity index (χ1) is 9.58. The molecule has 0 atom stereocenters. The summed E-state index contributed by atoms with van der Waals surface area (Å²) in [5.41, 5.74) is 6.83. The van der Waals surface area contributed by atoms with Crippen LogP contribution in [0.5, 0.6) is 0 Å². The van der Waals surface area contributed by atoms with Gasteiger partial charge in [0.15, 0.2) is 0 Å². The van der Waals surface area contributed by atoms with Gasteiger partial charge in [0.1, 0.15) is 6.61 Å². The van der Waals surface area contributed by atoms with Gasteiger partial charge >= 0.3 is 5.97 Å². The van der Waals surface area contributed by atoms with Gasteiger partial charge in [0.2, 0.25) is 5.91 Å². The molecular weight excluding hydrogens is 322 g/mol. The van der Waals surface area contributed by atoms with E-state index >= 15 is 0 Å². The zero-order valence-corrected chi connectivity index (χ0v) is 12.1. The number of carbonyl (C=O) groups excluding carboxylic acids is 2. The van der Waals surface area contributed by atoms with E-state index < -0.39 is 11.9 Å². The lowest BCUT2D eigenvalue weighted by molar-refractivity contribution is 0.0471. The third kappa shape index (κ3) is 3.45. The summed E-state index contributed by atoms with van der Waals surface area (Å²) in [7, 11) is 0. The molecule has 1 amide bonds. The van der Waals surface area contributed by atoms with Crippen molar-refractivity contribution in [3.63, 3.8) is 0 Å². The highest BCUT2D eigenvalue weighted by Gasteiger charge is 2.10. The molecule has 0 radical (unpaired) electrons. The smallest absolute Gasteiger partial charge is 0.339 e. The fraction of sp³-hybridized carbons (Fsp3) is 0.0667. The molecule has 20 heavy (non-hydrogen) atoms. The number of carbonyl (C=O) groups is 2. The Morgan fingerprint density at radius 3 is 2.30 bits per heavy atom. The minimum atomic E-state index is -0.484. The molecule has 0 aromatic heterocycles. The first kappa shape index (κ1) is 14.3. The summed E-state index contributed by atoms with van der Waals surface area (Å²) in [6, 6.07) is 13.7. The second kappa shape index (κ2) is 6.34. The Morgan fingerprint density at radius 1 is 1.05 bits per heavy atom. The maximum atomic E-state index is 11.9. The molecule has 0 bridgehead atoms. The third-order valence-electron chi connectivity index (χ3n) is 2.70. The zero-order chi connectivity index (χ0) is 14.5. The predicted octanol–water partition coefficient (Wildman–Crippen LogP) is 2.91. The molecule has 5 heteroatoms. The summed E-state index contributed by atoms with van der Waals surface area (Å²) in [4.78, 5) is 22.8. The summed E-state index contributed by atoms with van der Waals surface area (Å²) in [6.45, 7) is 0.138. The lowest BCUT2D eigenvalue weighted by Gasteiger charge is -2.06. The van der Waals surface area contributed by atoms with Gasteiger partial charge in [0, 0.05) is 10.0 Å². The quantitative estimate of drug-likeness (QED) is 0.874. The van der Waals surface area contributed by atoms with Gasteiger partial charge in [-0.05, 0) is 45.8 Å². The molecule has 0 unspecified atom stereocenters. The van der Waals surface area contributed by atoms with E-state index in [9.17, 15) is 9.59 Å². The standard InChI is InChI=1S/C15H12BrNO3/c16-13-4-2-1-3-12(13)15(19)20-9-10-5-7-11(8-6-10)14(17)18/h1-8H,9H2,(H2,17,18). The van der Waals surface area contributed by atoms with Gasteiger partial charge in [-0.1, -0.05) is 24.3 Å². The average Bonchev–Trinajstić information content (AvgIpc) is 2.45. The predicted molar refractivity (Wildman–Crippen MR) is 78.2 cm³/mol. The maximum Gasteiger partial charge on any atom is 0.339 e. The number of primary amides is 1. The van der Waals surface area contributed by atoms with Crippen molar-refractivity contribution in [3.05, 3.63) is 69.7 Å². The lowest BCUT2D eigenvalue weighted by Crippen LogP contribution is -2.11. The molecule has 2 aromatic rings. The molecule has 0 aliphatic heterocycles. The number of ether oxygens (including phenoxy) is 1. The number of hydrogen-bond donors (Lipinski definition) is 1. The lowest BCUT2D eigenvalue weighted by atomic mass is 10.1. The summed E-state index contributed by atoms with van der Waals surface area (Å²) in [6.07, 6.45) is 0. The van der Waals surface area contributed by atoms with Crippen LogP contribution in [-0.4, -0.2) is 11.9 Å². The van der Waals surface area contributed by atoms with Crippen LogP contribution in [0.15, 0.2) is 53.0 Å². The second-order valence-electron chi connectivity index (χ2n) is 4.12. The largest absolute Gasteiger partial charge is 0.457 e. The van der Waals surface area contributed by atoms with Gasteiger partial charge in [-0.3, -0.25) is 4.79 Å². The highest BCUT2D eigenvalue weighted by Crippen LogP contribution is 2.17. The molecule has 102 valence electrons. The van der Waals surface area contributed by atoms with Crippen LogP contribution in [0.4, 0.5) is 0 Å². The average molecular weight is 334 g/mol. The van der Waals surface area contributed by atoms with Gasteiger partial charge in [0.25, 0.3) is 0 Å².